The highest BCUT2D eigenvalue weighted by Crippen LogP contribution is 2.01. The molecule has 0 heterocycles. The minimum absolute atomic E-state index is 0.0220. The molecule has 0 aliphatic carbocycles. The molecule has 0 radical (unpaired) electrons. The summed E-state index contributed by atoms with van der Waals surface area (Å²) in [5.74, 6) is -1.84. The summed E-state index contributed by atoms with van der Waals surface area (Å²) in [7, 11) is 0. The van der Waals surface area contributed by atoms with Crippen LogP contribution < -0.4 is 5.73 Å². The average molecular weight is 134 g/mol. The minimum atomic E-state index is -2.12. The molecule has 54 valence electrons. The molecule has 2 atom stereocenters. The van der Waals surface area contributed by atoms with Crippen molar-refractivity contribution < 1.29 is 14.0 Å². The topological polar surface area (TPSA) is 63.3 Å². The highest BCUT2D eigenvalue weighted by atomic mass is 16.4. The summed E-state index contributed by atoms with van der Waals surface area (Å²) in [6, 6.07) is -1.08. The summed E-state index contributed by atoms with van der Waals surface area (Å²) in [5.41, 5.74) is 5.16. The van der Waals surface area contributed by atoms with Crippen LogP contribution in [0, 0.1) is 5.92 Å². The Bertz CT molecular complexity index is 169. The van der Waals surface area contributed by atoms with E-state index in [9.17, 15) is 4.79 Å². The van der Waals surface area contributed by atoms with Crippen LogP contribution in [0.15, 0.2) is 0 Å². The molecule has 0 spiro atoms. The number of hydrogen-bond acceptors (Lipinski definition) is 2. The van der Waals surface area contributed by atoms with Crippen LogP contribution in [-0.4, -0.2) is 17.1 Å². The molecule has 0 saturated heterocycles. The summed E-state index contributed by atoms with van der Waals surface area (Å²) in [5, 5.41) is 8.39. The third kappa shape index (κ3) is 3.97. The molecule has 0 saturated carbocycles. The lowest BCUT2D eigenvalue weighted by atomic mass is 10.1. The first-order chi connectivity index (χ1) is 5.25. The molecule has 3 nitrogen and oxygen atoms in total. The van der Waals surface area contributed by atoms with Crippen molar-refractivity contribution in [2.24, 2.45) is 11.7 Å². The number of carboxylic acids is 1. The average Bonchev–Trinajstić information content (AvgIpc) is 1.85. The smallest absolute Gasteiger partial charge is 0.320 e. The van der Waals surface area contributed by atoms with Crippen LogP contribution in [0.25, 0.3) is 0 Å². The Kier molecular flexibility index (Phi) is 1.64. The molecule has 0 aromatic heterocycles. The number of nitrogens with two attached hydrogens (primary N) is 1. The van der Waals surface area contributed by atoms with Crippen molar-refractivity contribution in [1.82, 2.24) is 0 Å². The van der Waals surface area contributed by atoms with Gasteiger partial charge in [0.05, 0.1) is 0 Å². The van der Waals surface area contributed by atoms with E-state index in [0.29, 0.717) is 0 Å². The van der Waals surface area contributed by atoms with Crippen molar-refractivity contribution in [3.05, 3.63) is 0 Å². The lowest BCUT2D eigenvalue weighted by molar-refractivity contribution is -0.138. The lowest BCUT2D eigenvalue weighted by Crippen LogP contribution is -2.31. The van der Waals surface area contributed by atoms with E-state index in [4.69, 9.17) is 15.0 Å². The second-order valence-electron chi connectivity index (χ2n) is 2.08. The van der Waals surface area contributed by atoms with Gasteiger partial charge < -0.3 is 10.8 Å². The van der Waals surface area contributed by atoms with Crippen LogP contribution in [0.3, 0.4) is 0 Å². The van der Waals surface area contributed by atoms with Crippen molar-refractivity contribution in [1.29, 1.82) is 0 Å². The fourth-order valence-electron chi connectivity index (χ4n) is 0.482. The highest BCUT2D eigenvalue weighted by molar-refractivity contribution is 5.72. The molecule has 0 fully saturated rings. The van der Waals surface area contributed by atoms with Crippen molar-refractivity contribution in [2.75, 3.05) is 0 Å². The van der Waals surface area contributed by atoms with Crippen molar-refractivity contribution in [3.8, 4) is 0 Å². The van der Waals surface area contributed by atoms with Gasteiger partial charge in [0, 0.05) is 4.11 Å². The molecule has 0 aromatic rings. The maximum atomic E-state index is 10.3. The zero-order chi connectivity index (χ0) is 9.94. The molecule has 9 heavy (non-hydrogen) atoms. The van der Waals surface area contributed by atoms with Gasteiger partial charge >= 0.3 is 5.97 Å². The van der Waals surface area contributed by atoms with Crippen LogP contribution in [0.4, 0.5) is 0 Å². The molecule has 0 amide bonds. The maximum Gasteiger partial charge on any atom is 0.320 e. The Morgan fingerprint density at radius 1 is 2.00 bits per heavy atom. The van der Waals surface area contributed by atoms with Crippen LogP contribution in [0.5, 0.6) is 0 Å². The van der Waals surface area contributed by atoms with E-state index in [1.54, 1.807) is 0 Å². The third-order valence-corrected chi connectivity index (χ3v) is 0.925. The standard InChI is InChI=1S/C6H13NO2/c1-4(2)3-5(7)6(8)9/h4-5H,3,7H2,1-2H3,(H,8,9)/i1D3. The Morgan fingerprint density at radius 2 is 2.56 bits per heavy atom. The van der Waals surface area contributed by atoms with Gasteiger partial charge in [-0.1, -0.05) is 13.8 Å². The van der Waals surface area contributed by atoms with E-state index in [-0.39, 0.29) is 6.42 Å². The SMILES string of the molecule is [2H]C([2H])([2H])C(C)CC(N)C(=O)O. The van der Waals surface area contributed by atoms with Crippen LogP contribution >= 0.6 is 0 Å². The van der Waals surface area contributed by atoms with Crippen molar-refractivity contribution in [2.45, 2.75) is 26.2 Å². The normalized spacial score (nSPS) is 23.1. The van der Waals surface area contributed by atoms with E-state index in [1.807, 2.05) is 0 Å². The second-order valence-corrected chi connectivity index (χ2v) is 2.08. The summed E-state index contributed by atoms with van der Waals surface area (Å²) >= 11 is 0. The molecule has 0 aliphatic rings. The molecule has 0 rings (SSSR count). The van der Waals surface area contributed by atoms with E-state index in [0.717, 1.165) is 0 Å². The van der Waals surface area contributed by atoms with Crippen molar-refractivity contribution >= 4 is 5.97 Å². The largest absolute Gasteiger partial charge is 0.480 e. The van der Waals surface area contributed by atoms with Gasteiger partial charge in [-0.15, -0.1) is 0 Å². The van der Waals surface area contributed by atoms with Crippen LogP contribution in [-0.2, 0) is 4.79 Å². The van der Waals surface area contributed by atoms with Crippen molar-refractivity contribution in [3.63, 3.8) is 0 Å². The molecule has 0 aromatic carbocycles. The molecule has 0 aliphatic heterocycles. The lowest BCUT2D eigenvalue weighted by Gasteiger charge is -2.07. The van der Waals surface area contributed by atoms with Gasteiger partial charge in [-0.2, -0.15) is 0 Å². The van der Waals surface area contributed by atoms with Gasteiger partial charge in [0.15, 0.2) is 0 Å². The monoisotopic (exact) mass is 134 g/mol. The van der Waals surface area contributed by atoms with Gasteiger partial charge in [0.25, 0.3) is 0 Å². The third-order valence-electron chi connectivity index (χ3n) is 0.925. The number of carbonyl (C=O) groups is 1. The Balaban J connectivity index is 4.01. The maximum absolute atomic E-state index is 10.3. The summed E-state index contributed by atoms with van der Waals surface area (Å²) in [6.07, 6.45) is -0.0220. The van der Waals surface area contributed by atoms with Crippen LogP contribution in [0.1, 0.15) is 24.3 Å². The zero-order valence-electron chi connectivity index (χ0n) is 8.29. The fourth-order valence-corrected chi connectivity index (χ4v) is 0.482. The predicted molar refractivity (Wildman–Crippen MR) is 35.1 cm³/mol. The van der Waals surface area contributed by atoms with E-state index >= 15 is 0 Å². The summed E-state index contributed by atoms with van der Waals surface area (Å²) in [4.78, 5) is 10.3. The first-order valence-corrected chi connectivity index (χ1v) is 2.73. The van der Waals surface area contributed by atoms with E-state index in [2.05, 4.69) is 0 Å². The highest BCUT2D eigenvalue weighted by Gasteiger charge is 2.11. The summed E-state index contributed by atoms with van der Waals surface area (Å²) < 4.78 is 20.9. The first kappa shape index (κ1) is 4.28. The first-order valence-electron chi connectivity index (χ1n) is 4.23. The molecule has 2 unspecified atom stereocenters. The molecular formula is C6H13NO2. The summed E-state index contributed by atoms with van der Waals surface area (Å²) in [6.45, 7) is -0.650. The minimum Gasteiger partial charge on any atom is -0.480 e. The Hall–Kier alpha value is -0.570. The molecular weight excluding hydrogens is 118 g/mol. The van der Waals surface area contributed by atoms with Gasteiger partial charge in [-0.05, 0) is 12.3 Å². The second kappa shape index (κ2) is 3.45. The van der Waals surface area contributed by atoms with Gasteiger partial charge in [0.1, 0.15) is 6.04 Å². The zero-order valence-corrected chi connectivity index (χ0v) is 5.29. The Labute approximate surface area is 59.1 Å². The number of aliphatic carboxylic acids is 1. The van der Waals surface area contributed by atoms with Gasteiger partial charge in [0.2, 0.25) is 0 Å². The van der Waals surface area contributed by atoms with Gasteiger partial charge in [-0.3, -0.25) is 4.79 Å². The predicted octanol–water partition coefficient (Wildman–Crippen LogP) is 0.444. The molecule has 0 bridgehead atoms. The fraction of sp³-hybridized carbons (Fsp3) is 0.833. The number of hydrogen-bond donors (Lipinski definition) is 2. The van der Waals surface area contributed by atoms with E-state index in [1.165, 1.54) is 6.92 Å². The number of rotatable bonds is 3. The Morgan fingerprint density at radius 3 is 2.89 bits per heavy atom. The molecule has 3 heteroatoms. The van der Waals surface area contributed by atoms with Gasteiger partial charge in [-0.25, -0.2) is 0 Å². The number of carboxylic acid groups (broad SMARTS) is 1. The van der Waals surface area contributed by atoms with E-state index < -0.39 is 24.8 Å². The quantitative estimate of drug-likeness (QED) is 0.588. The molecule has 3 N–H and O–H groups in total. The van der Waals surface area contributed by atoms with Crippen LogP contribution in [0.2, 0.25) is 0 Å².